The average Bonchev–Trinajstić information content (AvgIpc) is 2.50. The van der Waals surface area contributed by atoms with E-state index >= 15 is 0 Å². The van der Waals surface area contributed by atoms with Crippen molar-refractivity contribution in [1.29, 1.82) is 0 Å². The van der Waals surface area contributed by atoms with Gasteiger partial charge in [0.2, 0.25) is 0 Å². The van der Waals surface area contributed by atoms with Crippen LogP contribution in [0.2, 0.25) is 0 Å². The largest absolute Gasteiger partial charge is 0.340 e. The predicted molar refractivity (Wildman–Crippen MR) is 54.0 cm³/mol. The van der Waals surface area contributed by atoms with Crippen molar-refractivity contribution in [3.05, 3.63) is 18.0 Å². The van der Waals surface area contributed by atoms with Crippen LogP contribution in [0, 0.1) is 0 Å². The quantitative estimate of drug-likeness (QED) is 0.743. The van der Waals surface area contributed by atoms with Crippen molar-refractivity contribution < 1.29 is 4.79 Å². The predicted octanol–water partition coefficient (Wildman–Crippen LogP) is 0.887. The minimum atomic E-state index is -0.000509. The number of aryl methyl sites for hydroxylation is 1. The highest BCUT2D eigenvalue weighted by atomic mass is 79.9. The summed E-state index contributed by atoms with van der Waals surface area (Å²) in [6.45, 7) is 0.698. The van der Waals surface area contributed by atoms with Crippen LogP contribution in [0.25, 0.3) is 0 Å². The molecular formula is C8H12BrN3O. The van der Waals surface area contributed by atoms with Gasteiger partial charge < -0.3 is 4.90 Å². The first-order valence-electron chi connectivity index (χ1n) is 3.96. The summed E-state index contributed by atoms with van der Waals surface area (Å²) < 4.78 is 1.58. The molecule has 0 aliphatic heterocycles. The summed E-state index contributed by atoms with van der Waals surface area (Å²) in [5.41, 5.74) is 0.614. The lowest BCUT2D eigenvalue weighted by Gasteiger charge is -2.15. The van der Waals surface area contributed by atoms with E-state index in [2.05, 4.69) is 21.0 Å². The van der Waals surface area contributed by atoms with Crippen molar-refractivity contribution >= 4 is 21.8 Å². The molecular weight excluding hydrogens is 234 g/mol. The zero-order chi connectivity index (χ0) is 9.84. The standard InChI is InChI=1S/C8H12BrN3O/c1-11(6-4-9)8(13)7-3-5-10-12(7)2/h3,5H,4,6H2,1-2H3. The summed E-state index contributed by atoms with van der Waals surface area (Å²) in [5, 5.41) is 4.72. The molecule has 0 aliphatic rings. The van der Waals surface area contributed by atoms with Gasteiger partial charge in [0.15, 0.2) is 0 Å². The molecule has 1 rings (SSSR count). The number of hydrogen-bond acceptors (Lipinski definition) is 2. The van der Waals surface area contributed by atoms with Gasteiger partial charge in [-0.2, -0.15) is 5.10 Å². The molecule has 0 saturated heterocycles. The zero-order valence-electron chi connectivity index (χ0n) is 7.70. The van der Waals surface area contributed by atoms with E-state index < -0.39 is 0 Å². The fraction of sp³-hybridized carbons (Fsp3) is 0.500. The first-order valence-corrected chi connectivity index (χ1v) is 5.08. The van der Waals surface area contributed by atoms with Crippen LogP contribution in [0.4, 0.5) is 0 Å². The van der Waals surface area contributed by atoms with E-state index in [4.69, 9.17) is 0 Å². The van der Waals surface area contributed by atoms with Gasteiger partial charge in [0.1, 0.15) is 5.69 Å². The SMILES string of the molecule is CN(CCBr)C(=O)c1ccnn1C. The van der Waals surface area contributed by atoms with Crippen molar-refractivity contribution in [3.8, 4) is 0 Å². The van der Waals surface area contributed by atoms with Crippen LogP contribution >= 0.6 is 15.9 Å². The summed E-state index contributed by atoms with van der Waals surface area (Å²) >= 11 is 3.28. The van der Waals surface area contributed by atoms with Gasteiger partial charge in [-0.25, -0.2) is 0 Å². The van der Waals surface area contributed by atoms with Gasteiger partial charge in [-0.1, -0.05) is 15.9 Å². The molecule has 0 fully saturated rings. The number of hydrogen-bond donors (Lipinski definition) is 0. The Morgan fingerprint density at radius 2 is 2.46 bits per heavy atom. The third-order valence-corrected chi connectivity index (χ3v) is 2.16. The topological polar surface area (TPSA) is 38.1 Å². The molecule has 1 aromatic heterocycles. The number of amides is 1. The van der Waals surface area contributed by atoms with Crippen LogP contribution in [0.15, 0.2) is 12.3 Å². The Balaban J connectivity index is 2.73. The first kappa shape index (κ1) is 10.2. The molecule has 0 aliphatic carbocycles. The fourth-order valence-corrected chi connectivity index (χ4v) is 1.54. The Kier molecular flexibility index (Phi) is 3.48. The second-order valence-corrected chi connectivity index (χ2v) is 3.55. The van der Waals surface area contributed by atoms with Crippen LogP contribution in [0.5, 0.6) is 0 Å². The number of nitrogens with zero attached hydrogens (tertiary/aromatic N) is 3. The summed E-state index contributed by atoms with van der Waals surface area (Å²) in [6.07, 6.45) is 1.62. The first-order chi connectivity index (χ1) is 6.16. The highest BCUT2D eigenvalue weighted by Crippen LogP contribution is 2.01. The maximum absolute atomic E-state index is 11.7. The molecule has 4 nitrogen and oxygen atoms in total. The molecule has 0 unspecified atom stereocenters. The van der Waals surface area contributed by atoms with Crippen molar-refractivity contribution in [2.45, 2.75) is 0 Å². The van der Waals surface area contributed by atoms with Gasteiger partial charge in [-0.05, 0) is 6.07 Å². The maximum atomic E-state index is 11.7. The van der Waals surface area contributed by atoms with E-state index in [1.807, 2.05) is 0 Å². The summed E-state index contributed by atoms with van der Waals surface area (Å²) in [7, 11) is 3.53. The molecule has 1 amide bonds. The second-order valence-electron chi connectivity index (χ2n) is 2.76. The van der Waals surface area contributed by atoms with Crippen molar-refractivity contribution in [2.24, 2.45) is 7.05 Å². The third-order valence-electron chi connectivity index (χ3n) is 1.81. The lowest BCUT2D eigenvalue weighted by molar-refractivity contribution is 0.0793. The summed E-state index contributed by atoms with van der Waals surface area (Å²) in [5.74, 6) is -0.000509. The minimum Gasteiger partial charge on any atom is -0.340 e. The van der Waals surface area contributed by atoms with E-state index in [0.717, 1.165) is 5.33 Å². The molecule has 1 heterocycles. The molecule has 13 heavy (non-hydrogen) atoms. The van der Waals surface area contributed by atoms with Crippen LogP contribution in [0.1, 0.15) is 10.5 Å². The summed E-state index contributed by atoms with van der Waals surface area (Å²) in [6, 6.07) is 1.72. The third kappa shape index (κ3) is 2.30. The molecule has 0 saturated carbocycles. The highest BCUT2D eigenvalue weighted by molar-refractivity contribution is 9.09. The molecule has 0 bridgehead atoms. The molecule has 1 aromatic rings. The number of alkyl halides is 1. The number of carbonyl (C=O) groups is 1. The maximum Gasteiger partial charge on any atom is 0.271 e. The van der Waals surface area contributed by atoms with E-state index in [9.17, 15) is 4.79 Å². The van der Waals surface area contributed by atoms with Gasteiger partial charge in [0.25, 0.3) is 5.91 Å². The molecule has 0 spiro atoms. The molecule has 72 valence electrons. The minimum absolute atomic E-state index is 0.000509. The molecule has 0 aromatic carbocycles. The van der Waals surface area contributed by atoms with Crippen LogP contribution < -0.4 is 0 Å². The van der Waals surface area contributed by atoms with E-state index in [1.54, 1.807) is 35.9 Å². The Hall–Kier alpha value is -0.840. The molecule has 0 atom stereocenters. The Labute approximate surface area is 85.7 Å². The van der Waals surface area contributed by atoms with Crippen molar-refractivity contribution in [1.82, 2.24) is 14.7 Å². The Morgan fingerprint density at radius 3 is 2.92 bits per heavy atom. The number of carbonyl (C=O) groups excluding carboxylic acids is 1. The Morgan fingerprint density at radius 1 is 1.77 bits per heavy atom. The van der Waals surface area contributed by atoms with E-state index in [-0.39, 0.29) is 5.91 Å². The van der Waals surface area contributed by atoms with Gasteiger partial charge >= 0.3 is 0 Å². The number of aromatic nitrogens is 2. The molecule has 5 heteroatoms. The average molecular weight is 246 g/mol. The van der Waals surface area contributed by atoms with Crippen LogP contribution in [0.3, 0.4) is 0 Å². The lowest BCUT2D eigenvalue weighted by atomic mass is 10.4. The summed E-state index contributed by atoms with van der Waals surface area (Å²) in [4.78, 5) is 13.3. The normalized spacial score (nSPS) is 10.1. The molecule has 0 N–H and O–H groups in total. The van der Waals surface area contributed by atoms with Crippen molar-refractivity contribution in [2.75, 3.05) is 18.9 Å². The fourth-order valence-electron chi connectivity index (χ4n) is 1.01. The van der Waals surface area contributed by atoms with E-state index in [1.165, 1.54) is 0 Å². The van der Waals surface area contributed by atoms with Crippen molar-refractivity contribution in [3.63, 3.8) is 0 Å². The Bertz CT molecular complexity index is 297. The van der Waals surface area contributed by atoms with Crippen LogP contribution in [-0.2, 0) is 7.05 Å². The van der Waals surface area contributed by atoms with E-state index in [0.29, 0.717) is 12.2 Å². The van der Waals surface area contributed by atoms with Gasteiger partial charge in [0, 0.05) is 32.2 Å². The van der Waals surface area contributed by atoms with Gasteiger partial charge in [0.05, 0.1) is 0 Å². The van der Waals surface area contributed by atoms with Gasteiger partial charge in [-0.3, -0.25) is 9.48 Å². The number of halogens is 1. The zero-order valence-corrected chi connectivity index (χ0v) is 9.28. The van der Waals surface area contributed by atoms with Gasteiger partial charge in [-0.15, -0.1) is 0 Å². The monoisotopic (exact) mass is 245 g/mol. The molecule has 0 radical (unpaired) electrons. The highest BCUT2D eigenvalue weighted by Gasteiger charge is 2.13. The number of rotatable bonds is 3. The van der Waals surface area contributed by atoms with Crippen LogP contribution in [-0.4, -0.2) is 39.5 Å². The second kappa shape index (κ2) is 4.41. The smallest absolute Gasteiger partial charge is 0.271 e. The lowest BCUT2D eigenvalue weighted by Crippen LogP contribution is -2.30.